The van der Waals surface area contributed by atoms with E-state index >= 15 is 0 Å². The van der Waals surface area contributed by atoms with E-state index in [1.165, 1.54) is 11.3 Å². The zero-order chi connectivity index (χ0) is 17.2. The third kappa shape index (κ3) is 3.04. The van der Waals surface area contributed by atoms with Crippen LogP contribution >= 0.6 is 0 Å². The third-order valence-corrected chi connectivity index (χ3v) is 4.65. The SMILES string of the molecule is CN1CCc2c(c(-c3cccnc3)nn2Cc2cccc(C#N)c2)C1. The van der Waals surface area contributed by atoms with Crippen molar-refractivity contribution in [3.8, 4) is 17.3 Å². The second-order valence-electron chi connectivity index (χ2n) is 6.47. The smallest absolute Gasteiger partial charge is 0.0991 e. The van der Waals surface area contributed by atoms with Crippen LogP contribution < -0.4 is 0 Å². The highest BCUT2D eigenvalue weighted by atomic mass is 15.3. The molecule has 3 aromatic rings. The molecular weight excluding hydrogens is 310 g/mol. The summed E-state index contributed by atoms with van der Waals surface area (Å²) in [6, 6.07) is 14.0. The molecule has 1 aliphatic heterocycles. The van der Waals surface area contributed by atoms with Gasteiger partial charge in [0, 0.05) is 48.7 Å². The normalized spacial score (nSPS) is 14.1. The molecule has 0 amide bonds. The van der Waals surface area contributed by atoms with Gasteiger partial charge in [0.15, 0.2) is 0 Å². The molecule has 5 heteroatoms. The summed E-state index contributed by atoms with van der Waals surface area (Å²) in [5.41, 5.74) is 6.44. The molecule has 2 aromatic heterocycles. The monoisotopic (exact) mass is 329 g/mol. The fraction of sp³-hybridized carbons (Fsp3) is 0.250. The van der Waals surface area contributed by atoms with Gasteiger partial charge in [-0.1, -0.05) is 12.1 Å². The highest BCUT2D eigenvalue weighted by Gasteiger charge is 2.24. The zero-order valence-electron chi connectivity index (χ0n) is 14.2. The van der Waals surface area contributed by atoms with Gasteiger partial charge in [0.1, 0.15) is 0 Å². The molecule has 0 unspecified atom stereocenters. The second-order valence-corrected chi connectivity index (χ2v) is 6.47. The zero-order valence-corrected chi connectivity index (χ0v) is 14.2. The van der Waals surface area contributed by atoms with E-state index in [2.05, 4.69) is 33.7 Å². The largest absolute Gasteiger partial charge is 0.302 e. The Morgan fingerprint density at radius 2 is 2.16 bits per heavy atom. The van der Waals surface area contributed by atoms with E-state index < -0.39 is 0 Å². The van der Waals surface area contributed by atoms with Crippen LogP contribution in [0.15, 0.2) is 48.8 Å². The summed E-state index contributed by atoms with van der Waals surface area (Å²) in [7, 11) is 2.14. The van der Waals surface area contributed by atoms with Gasteiger partial charge in [-0.15, -0.1) is 0 Å². The van der Waals surface area contributed by atoms with Crippen LogP contribution in [-0.4, -0.2) is 33.3 Å². The van der Waals surface area contributed by atoms with Crippen LogP contribution in [0.5, 0.6) is 0 Å². The van der Waals surface area contributed by atoms with E-state index in [-0.39, 0.29) is 0 Å². The molecule has 0 saturated heterocycles. The van der Waals surface area contributed by atoms with Crippen LogP contribution in [0.25, 0.3) is 11.3 Å². The molecule has 0 aliphatic carbocycles. The predicted octanol–water partition coefficient (Wildman–Crippen LogP) is 2.85. The van der Waals surface area contributed by atoms with Gasteiger partial charge in [-0.05, 0) is 36.9 Å². The lowest BCUT2D eigenvalue weighted by Crippen LogP contribution is -2.27. The van der Waals surface area contributed by atoms with Gasteiger partial charge < -0.3 is 4.90 Å². The Kier molecular flexibility index (Phi) is 4.04. The van der Waals surface area contributed by atoms with Crippen LogP contribution in [0.4, 0.5) is 0 Å². The van der Waals surface area contributed by atoms with Crippen LogP contribution in [0.1, 0.15) is 22.4 Å². The van der Waals surface area contributed by atoms with Gasteiger partial charge in [0.25, 0.3) is 0 Å². The van der Waals surface area contributed by atoms with Crippen LogP contribution in [-0.2, 0) is 19.5 Å². The molecule has 124 valence electrons. The molecule has 4 rings (SSSR count). The van der Waals surface area contributed by atoms with Gasteiger partial charge in [-0.25, -0.2) is 0 Å². The summed E-state index contributed by atoms with van der Waals surface area (Å²) < 4.78 is 2.10. The Bertz CT molecular complexity index is 936. The number of benzene rings is 1. The quantitative estimate of drug-likeness (QED) is 0.741. The maximum absolute atomic E-state index is 9.12. The van der Waals surface area contributed by atoms with E-state index in [0.717, 1.165) is 36.3 Å². The first-order valence-corrected chi connectivity index (χ1v) is 8.41. The lowest BCUT2D eigenvalue weighted by Gasteiger charge is -2.23. The van der Waals surface area contributed by atoms with Gasteiger partial charge in [-0.2, -0.15) is 10.4 Å². The molecule has 0 saturated carbocycles. The minimum absolute atomic E-state index is 0.682. The average Bonchev–Trinajstić information content (AvgIpc) is 3.00. The minimum atomic E-state index is 0.682. The molecule has 0 N–H and O–H groups in total. The first-order valence-electron chi connectivity index (χ1n) is 8.41. The van der Waals surface area contributed by atoms with Crippen molar-refractivity contribution in [3.63, 3.8) is 0 Å². The number of nitriles is 1. The van der Waals surface area contributed by atoms with Crippen molar-refractivity contribution in [2.24, 2.45) is 0 Å². The number of nitrogens with zero attached hydrogens (tertiary/aromatic N) is 5. The Morgan fingerprint density at radius 3 is 2.96 bits per heavy atom. The van der Waals surface area contributed by atoms with Crippen LogP contribution in [0.2, 0.25) is 0 Å². The number of aromatic nitrogens is 3. The predicted molar refractivity (Wildman–Crippen MR) is 95.8 cm³/mol. The Morgan fingerprint density at radius 1 is 1.24 bits per heavy atom. The van der Waals surface area contributed by atoms with Gasteiger partial charge in [0.2, 0.25) is 0 Å². The Labute approximate surface area is 147 Å². The van der Waals surface area contributed by atoms with Crippen molar-refractivity contribution < 1.29 is 0 Å². The topological polar surface area (TPSA) is 57.7 Å². The van der Waals surface area contributed by atoms with Crippen molar-refractivity contribution in [1.82, 2.24) is 19.7 Å². The average molecular weight is 329 g/mol. The maximum atomic E-state index is 9.12. The van der Waals surface area contributed by atoms with Crippen molar-refractivity contribution in [2.75, 3.05) is 13.6 Å². The van der Waals surface area contributed by atoms with Crippen molar-refractivity contribution in [2.45, 2.75) is 19.5 Å². The molecule has 5 nitrogen and oxygen atoms in total. The summed E-state index contributed by atoms with van der Waals surface area (Å²) in [4.78, 5) is 6.57. The standard InChI is InChI=1S/C20H19N5/c1-24-9-7-19-18(14-24)20(17-6-3-8-22-12-17)23-25(19)13-16-5-2-4-15(10-16)11-21/h2-6,8,10,12H,7,9,13-14H2,1H3. The van der Waals surface area contributed by atoms with E-state index in [4.69, 9.17) is 10.4 Å². The Hall–Kier alpha value is -2.97. The molecule has 0 spiro atoms. The summed E-state index contributed by atoms with van der Waals surface area (Å²) >= 11 is 0. The first-order chi connectivity index (χ1) is 12.2. The minimum Gasteiger partial charge on any atom is -0.302 e. The molecular formula is C20H19N5. The molecule has 0 bridgehead atoms. The molecule has 25 heavy (non-hydrogen) atoms. The van der Waals surface area contributed by atoms with Gasteiger partial charge >= 0.3 is 0 Å². The van der Waals surface area contributed by atoms with E-state index in [0.29, 0.717) is 12.1 Å². The number of fused-ring (bicyclic) bond motifs is 1. The second kappa shape index (κ2) is 6.50. The lowest BCUT2D eigenvalue weighted by molar-refractivity contribution is 0.308. The van der Waals surface area contributed by atoms with Crippen LogP contribution in [0.3, 0.4) is 0 Å². The number of rotatable bonds is 3. The number of hydrogen-bond acceptors (Lipinski definition) is 4. The maximum Gasteiger partial charge on any atom is 0.0991 e. The Balaban J connectivity index is 1.77. The highest BCUT2D eigenvalue weighted by Crippen LogP contribution is 2.29. The van der Waals surface area contributed by atoms with Crippen LogP contribution in [0, 0.1) is 11.3 Å². The number of hydrogen-bond donors (Lipinski definition) is 0. The molecule has 0 radical (unpaired) electrons. The molecule has 3 heterocycles. The summed E-state index contributed by atoms with van der Waals surface area (Å²) in [5, 5.41) is 14.0. The van der Waals surface area contributed by atoms with Gasteiger partial charge in [0.05, 0.1) is 23.9 Å². The third-order valence-electron chi connectivity index (χ3n) is 4.65. The summed E-state index contributed by atoms with van der Waals surface area (Å²) in [5.74, 6) is 0. The van der Waals surface area contributed by atoms with Crippen molar-refractivity contribution >= 4 is 0 Å². The van der Waals surface area contributed by atoms with E-state index in [1.54, 1.807) is 6.20 Å². The van der Waals surface area contributed by atoms with Crippen molar-refractivity contribution in [3.05, 3.63) is 71.2 Å². The summed E-state index contributed by atoms with van der Waals surface area (Å²) in [6.45, 7) is 2.61. The van der Waals surface area contributed by atoms with Crippen molar-refractivity contribution in [1.29, 1.82) is 5.26 Å². The van der Waals surface area contributed by atoms with E-state index in [9.17, 15) is 0 Å². The first kappa shape index (κ1) is 15.6. The molecule has 0 fully saturated rings. The fourth-order valence-corrected chi connectivity index (χ4v) is 3.40. The summed E-state index contributed by atoms with van der Waals surface area (Å²) in [6.07, 6.45) is 4.64. The molecule has 0 atom stereocenters. The molecule has 1 aromatic carbocycles. The molecule has 1 aliphatic rings. The lowest BCUT2D eigenvalue weighted by atomic mass is 10.0. The van der Waals surface area contributed by atoms with E-state index in [1.807, 2.05) is 36.5 Å². The van der Waals surface area contributed by atoms with Gasteiger partial charge in [-0.3, -0.25) is 9.67 Å². The number of likely N-dealkylation sites (N-methyl/N-ethyl adjacent to an activating group) is 1. The number of pyridine rings is 1. The highest BCUT2D eigenvalue weighted by molar-refractivity contribution is 5.63. The fourth-order valence-electron chi connectivity index (χ4n) is 3.40.